The van der Waals surface area contributed by atoms with E-state index in [0.29, 0.717) is 39.2 Å². The second kappa shape index (κ2) is 10.4. The smallest absolute Gasteiger partial charge is 0.271 e. The van der Waals surface area contributed by atoms with Crippen LogP contribution in [0.2, 0.25) is 10.0 Å². The Morgan fingerprint density at radius 1 is 1.15 bits per heavy atom. The number of aliphatic imine (C=N–C) groups is 1. The van der Waals surface area contributed by atoms with E-state index in [1.54, 1.807) is 44.4 Å². The molecule has 1 heterocycles. The van der Waals surface area contributed by atoms with E-state index >= 15 is 0 Å². The lowest BCUT2D eigenvalue weighted by Gasteiger charge is -2.15. The van der Waals surface area contributed by atoms with E-state index in [1.165, 1.54) is 13.3 Å². The van der Waals surface area contributed by atoms with Crippen molar-refractivity contribution in [2.75, 3.05) is 14.2 Å². The Morgan fingerprint density at radius 3 is 2.55 bits per heavy atom. The molecule has 0 radical (unpaired) electrons. The zero-order chi connectivity index (χ0) is 24.1. The van der Waals surface area contributed by atoms with Crippen LogP contribution in [0.15, 0.2) is 46.2 Å². The average molecular weight is 486 g/mol. The monoisotopic (exact) mass is 485 g/mol. The predicted molar refractivity (Wildman–Crippen MR) is 129 cm³/mol. The summed E-state index contributed by atoms with van der Waals surface area (Å²) < 4.78 is 11.7. The summed E-state index contributed by atoms with van der Waals surface area (Å²) in [6.45, 7) is 1.72. The summed E-state index contributed by atoms with van der Waals surface area (Å²) in [4.78, 5) is 17.2. The maximum atomic E-state index is 12.9. The van der Waals surface area contributed by atoms with Gasteiger partial charge in [0.1, 0.15) is 11.6 Å². The number of aromatic hydroxyl groups is 1. The zero-order valence-electron chi connectivity index (χ0n) is 18.2. The van der Waals surface area contributed by atoms with E-state index in [-0.39, 0.29) is 23.6 Å². The molecule has 7 nitrogen and oxygen atoms in total. The number of aromatic nitrogens is 1. The first-order chi connectivity index (χ1) is 15.8. The highest BCUT2D eigenvalue weighted by Gasteiger charge is 2.18. The lowest BCUT2D eigenvalue weighted by Crippen LogP contribution is -2.26. The third-order valence-electron chi connectivity index (χ3n) is 5.16. The zero-order valence-corrected chi connectivity index (χ0v) is 19.7. The normalized spacial score (nSPS) is 10.9. The lowest BCUT2D eigenvalue weighted by atomic mass is 10.1. The lowest BCUT2D eigenvalue weighted by molar-refractivity contribution is 0.354. The van der Waals surface area contributed by atoms with Crippen LogP contribution in [-0.2, 0) is 13.0 Å². The second-order valence-electron chi connectivity index (χ2n) is 7.10. The van der Waals surface area contributed by atoms with Gasteiger partial charge in [-0.05, 0) is 54.8 Å². The Balaban J connectivity index is 2.01. The molecule has 0 fully saturated rings. The van der Waals surface area contributed by atoms with Gasteiger partial charge in [0.2, 0.25) is 5.88 Å². The highest BCUT2D eigenvalue weighted by Crippen LogP contribution is 2.30. The first kappa shape index (κ1) is 24.2. The molecule has 0 bridgehead atoms. The topological polar surface area (TPSA) is 96.8 Å². The number of hydrogen-bond donors (Lipinski definition) is 1. The summed E-state index contributed by atoms with van der Waals surface area (Å²) >= 11 is 12.2. The minimum absolute atomic E-state index is 0.0706. The Bertz CT molecular complexity index is 1330. The molecule has 1 aromatic heterocycles. The molecule has 0 spiro atoms. The van der Waals surface area contributed by atoms with Gasteiger partial charge in [-0.2, -0.15) is 5.26 Å². The molecule has 3 aromatic rings. The van der Waals surface area contributed by atoms with Gasteiger partial charge in [-0.15, -0.1) is 0 Å². The molecular formula is C24H21Cl2N3O4. The van der Waals surface area contributed by atoms with Gasteiger partial charge < -0.3 is 14.6 Å². The van der Waals surface area contributed by atoms with Crippen LogP contribution in [-0.4, -0.2) is 30.1 Å². The molecule has 0 unspecified atom stereocenters. The fraction of sp³-hybridized carbons (Fsp3) is 0.208. The molecule has 1 N–H and O–H groups in total. The molecule has 170 valence electrons. The van der Waals surface area contributed by atoms with Crippen LogP contribution in [0.3, 0.4) is 0 Å². The van der Waals surface area contributed by atoms with Crippen LogP contribution in [0.25, 0.3) is 0 Å². The Kier molecular flexibility index (Phi) is 7.64. The molecule has 0 saturated heterocycles. The van der Waals surface area contributed by atoms with Crippen molar-refractivity contribution in [3.63, 3.8) is 0 Å². The third kappa shape index (κ3) is 5.14. The molecule has 2 aromatic carbocycles. The maximum Gasteiger partial charge on any atom is 0.271 e. The summed E-state index contributed by atoms with van der Waals surface area (Å²) in [7, 11) is 3.08. The first-order valence-electron chi connectivity index (χ1n) is 9.87. The van der Waals surface area contributed by atoms with Crippen molar-refractivity contribution in [1.29, 1.82) is 5.26 Å². The largest absolute Gasteiger partial charge is 0.494 e. The highest BCUT2D eigenvalue weighted by molar-refractivity contribution is 6.35. The molecule has 0 aliphatic carbocycles. The van der Waals surface area contributed by atoms with Gasteiger partial charge in [0.05, 0.1) is 30.5 Å². The quantitative estimate of drug-likeness (QED) is 0.472. The second-order valence-corrected chi connectivity index (χ2v) is 7.94. The van der Waals surface area contributed by atoms with E-state index in [0.717, 1.165) is 10.1 Å². The fourth-order valence-electron chi connectivity index (χ4n) is 3.33. The number of nitriles is 1. The number of rotatable bonds is 7. The van der Waals surface area contributed by atoms with Gasteiger partial charge in [0, 0.05) is 17.8 Å². The molecule has 0 saturated carbocycles. The molecule has 9 heteroatoms. The summed E-state index contributed by atoms with van der Waals surface area (Å²) in [6, 6.07) is 12.1. The van der Waals surface area contributed by atoms with Crippen LogP contribution >= 0.6 is 23.2 Å². The van der Waals surface area contributed by atoms with Gasteiger partial charge in [0.25, 0.3) is 5.56 Å². The standard InChI is InChI=1S/C24H21Cl2N3O4/c1-14-17(12-27)23(30)29(9-8-15-4-7-21(32-2)22(10-15)33-3)24(31)18(14)13-28-20-11-16(25)5-6-19(20)26/h4-7,10-11,13,31H,8-9H2,1-3H3. The Morgan fingerprint density at radius 2 is 1.88 bits per heavy atom. The molecule has 33 heavy (non-hydrogen) atoms. The van der Waals surface area contributed by atoms with Gasteiger partial charge in [-0.25, -0.2) is 0 Å². The number of nitrogens with zero attached hydrogens (tertiary/aromatic N) is 3. The van der Waals surface area contributed by atoms with E-state index in [2.05, 4.69) is 4.99 Å². The summed E-state index contributed by atoms with van der Waals surface area (Å²) in [6.07, 6.45) is 1.77. The SMILES string of the molecule is COc1ccc(CCn2c(O)c(C=Nc3cc(Cl)ccc3Cl)c(C)c(C#N)c2=O)cc1OC. The number of pyridine rings is 1. The van der Waals surface area contributed by atoms with Crippen molar-refractivity contribution >= 4 is 35.1 Å². The molecule has 0 aliphatic heterocycles. The molecule has 0 atom stereocenters. The molecular weight excluding hydrogens is 465 g/mol. The predicted octanol–water partition coefficient (Wildman–Crippen LogP) is 5.05. The first-order valence-corrected chi connectivity index (χ1v) is 10.6. The van der Waals surface area contributed by atoms with Crippen molar-refractivity contribution in [2.24, 2.45) is 4.99 Å². The number of benzene rings is 2. The van der Waals surface area contributed by atoms with Crippen LogP contribution < -0.4 is 15.0 Å². The van der Waals surface area contributed by atoms with Gasteiger partial charge in [-0.3, -0.25) is 14.4 Å². The minimum atomic E-state index is -0.578. The average Bonchev–Trinajstić information content (AvgIpc) is 2.81. The highest BCUT2D eigenvalue weighted by atomic mass is 35.5. The summed E-state index contributed by atoms with van der Waals surface area (Å²) in [5.74, 6) is 0.847. The van der Waals surface area contributed by atoms with Crippen molar-refractivity contribution in [2.45, 2.75) is 19.9 Å². The third-order valence-corrected chi connectivity index (χ3v) is 5.71. The molecule has 0 amide bonds. The molecule has 3 rings (SSSR count). The molecule has 0 aliphatic rings. The maximum absolute atomic E-state index is 12.9. The van der Waals surface area contributed by atoms with Crippen LogP contribution in [0, 0.1) is 18.3 Å². The van der Waals surface area contributed by atoms with Crippen molar-refractivity contribution < 1.29 is 14.6 Å². The Hall–Kier alpha value is -3.47. The summed E-state index contributed by atoms with van der Waals surface area (Å²) in [5, 5.41) is 21.3. The summed E-state index contributed by atoms with van der Waals surface area (Å²) in [5.41, 5.74) is 1.17. The van der Waals surface area contributed by atoms with Crippen LogP contribution in [0.5, 0.6) is 17.4 Å². The number of halogens is 2. The Labute approximate surface area is 201 Å². The van der Waals surface area contributed by atoms with E-state index in [4.69, 9.17) is 32.7 Å². The van der Waals surface area contributed by atoms with Crippen LogP contribution in [0.1, 0.15) is 22.3 Å². The number of ether oxygens (including phenoxy) is 2. The minimum Gasteiger partial charge on any atom is -0.494 e. The number of aryl methyl sites for hydroxylation is 1. The van der Waals surface area contributed by atoms with E-state index in [9.17, 15) is 15.2 Å². The number of methoxy groups -OCH3 is 2. The van der Waals surface area contributed by atoms with Gasteiger partial charge >= 0.3 is 0 Å². The van der Waals surface area contributed by atoms with Gasteiger partial charge in [0.15, 0.2) is 11.5 Å². The van der Waals surface area contributed by atoms with Crippen molar-refractivity contribution in [3.8, 4) is 23.4 Å². The fourth-order valence-corrected chi connectivity index (χ4v) is 3.66. The van der Waals surface area contributed by atoms with E-state index in [1.807, 2.05) is 12.1 Å². The van der Waals surface area contributed by atoms with Crippen molar-refractivity contribution in [3.05, 3.63) is 79.1 Å². The van der Waals surface area contributed by atoms with Gasteiger partial charge in [-0.1, -0.05) is 29.3 Å². The van der Waals surface area contributed by atoms with Crippen LogP contribution in [0.4, 0.5) is 5.69 Å². The van der Waals surface area contributed by atoms with Crippen molar-refractivity contribution in [1.82, 2.24) is 4.57 Å². The van der Waals surface area contributed by atoms with E-state index < -0.39 is 5.56 Å². The number of hydrogen-bond acceptors (Lipinski definition) is 6.